The monoisotopic (exact) mass is 365 g/mol. The van der Waals surface area contributed by atoms with Crippen LogP contribution in [-0.2, 0) is 19.6 Å². The molecule has 2 amide bonds. The predicted molar refractivity (Wildman–Crippen MR) is 93.6 cm³/mol. The zero-order chi connectivity index (χ0) is 18.2. The highest BCUT2D eigenvalue weighted by atomic mass is 32.2. The lowest BCUT2D eigenvalue weighted by Gasteiger charge is -2.25. The maximum absolute atomic E-state index is 12.9. The highest BCUT2D eigenvalue weighted by Crippen LogP contribution is 2.29. The van der Waals surface area contributed by atoms with E-state index in [9.17, 15) is 18.0 Å². The molecule has 2 fully saturated rings. The zero-order valence-electron chi connectivity index (χ0n) is 14.5. The first-order valence-electron chi connectivity index (χ1n) is 8.46. The van der Waals surface area contributed by atoms with E-state index in [1.54, 1.807) is 31.1 Å². The molecule has 7 nitrogen and oxygen atoms in total. The second kappa shape index (κ2) is 6.76. The summed E-state index contributed by atoms with van der Waals surface area (Å²) in [6.45, 7) is 1.01. The maximum Gasteiger partial charge on any atom is 0.243 e. The van der Waals surface area contributed by atoms with Crippen molar-refractivity contribution in [1.82, 2.24) is 9.21 Å². The van der Waals surface area contributed by atoms with E-state index in [1.165, 1.54) is 21.3 Å². The van der Waals surface area contributed by atoms with Crippen LogP contribution in [0.15, 0.2) is 29.2 Å². The van der Waals surface area contributed by atoms with Gasteiger partial charge in [-0.3, -0.25) is 9.59 Å². The van der Waals surface area contributed by atoms with E-state index >= 15 is 0 Å². The molecule has 2 heterocycles. The topological polar surface area (TPSA) is 78.0 Å². The van der Waals surface area contributed by atoms with Gasteiger partial charge >= 0.3 is 0 Å². The van der Waals surface area contributed by atoms with E-state index in [1.807, 2.05) is 0 Å². The van der Waals surface area contributed by atoms with Crippen molar-refractivity contribution in [3.05, 3.63) is 24.3 Å². The smallest absolute Gasteiger partial charge is 0.243 e. The lowest BCUT2D eigenvalue weighted by molar-refractivity contribution is -0.132. The van der Waals surface area contributed by atoms with Gasteiger partial charge in [0.15, 0.2) is 0 Å². The first kappa shape index (κ1) is 17.9. The van der Waals surface area contributed by atoms with Crippen molar-refractivity contribution in [3.8, 4) is 0 Å². The van der Waals surface area contributed by atoms with Gasteiger partial charge in [-0.25, -0.2) is 8.42 Å². The average Bonchev–Trinajstić information content (AvgIpc) is 3.23. The molecular weight excluding hydrogens is 342 g/mol. The van der Waals surface area contributed by atoms with Crippen molar-refractivity contribution in [2.75, 3.05) is 32.1 Å². The van der Waals surface area contributed by atoms with E-state index in [0.717, 1.165) is 6.42 Å². The number of carbonyl (C=O) groups is 2. The van der Waals surface area contributed by atoms with E-state index in [4.69, 9.17) is 0 Å². The number of likely N-dealkylation sites (N-methyl/N-ethyl adjacent to an activating group) is 1. The Morgan fingerprint density at radius 2 is 1.80 bits per heavy atom. The first-order valence-corrected chi connectivity index (χ1v) is 9.90. The molecule has 0 N–H and O–H groups in total. The minimum absolute atomic E-state index is 0.0618. The molecule has 2 saturated heterocycles. The maximum atomic E-state index is 12.9. The van der Waals surface area contributed by atoms with E-state index in [2.05, 4.69) is 0 Å². The number of benzene rings is 1. The van der Waals surface area contributed by atoms with Gasteiger partial charge in [-0.1, -0.05) is 0 Å². The van der Waals surface area contributed by atoms with Crippen molar-refractivity contribution in [1.29, 1.82) is 0 Å². The largest absolute Gasteiger partial charge is 0.347 e. The van der Waals surface area contributed by atoms with Crippen LogP contribution in [0.5, 0.6) is 0 Å². The van der Waals surface area contributed by atoms with Gasteiger partial charge in [0, 0.05) is 39.3 Å². The molecule has 136 valence electrons. The first-order chi connectivity index (χ1) is 11.8. The molecule has 25 heavy (non-hydrogen) atoms. The average molecular weight is 365 g/mol. The standard InChI is InChI=1S/C17H23N3O4S/c1-18(2)17(22)15-5-3-12-20(15)25(23,24)14-9-7-13(8-10-14)19-11-4-6-16(19)21/h7-10,15H,3-6,11-12H2,1-2H3/t15-/m1/s1. The summed E-state index contributed by atoms with van der Waals surface area (Å²) in [4.78, 5) is 27.3. The molecule has 0 aromatic heterocycles. The third-order valence-corrected chi connectivity index (χ3v) is 6.68. The van der Waals surface area contributed by atoms with Crippen LogP contribution in [0.4, 0.5) is 5.69 Å². The van der Waals surface area contributed by atoms with Gasteiger partial charge in [0.25, 0.3) is 0 Å². The van der Waals surface area contributed by atoms with Gasteiger partial charge < -0.3 is 9.80 Å². The molecule has 0 unspecified atom stereocenters. The molecule has 0 aliphatic carbocycles. The van der Waals surface area contributed by atoms with Gasteiger partial charge in [-0.2, -0.15) is 4.31 Å². The fourth-order valence-electron chi connectivity index (χ4n) is 3.43. The SMILES string of the molecule is CN(C)C(=O)[C@H]1CCCN1S(=O)(=O)c1ccc(N2CCCC2=O)cc1. The lowest BCUT2D eigenvalue weighted by atomic mass is 10.2. The van der Waals surface area contributed by atoms with Gasteiger partial charge in [0.1, 0.15) is 6.04 Å². The summed E-state index contributed by atoms with van der Waals surface area (Å²) in [5, 5.41) is 0. The normalized spacial score (nSPS) is 21.8. The summed E-state index contributed by atoms with van der Waals surface area (Å²) in [7, 11) is -0.473. The van der Waals surface area contributed by atoms with Crippen LogP contribution >= 0.6 is 0 Å². The summed E-state index contributed by atoms with van der Waals surface area (Å²) < 4.78 is 27.2. The van der Waals surface area contributed by atoms with Crippen molar-refractivity contribution in [3.63, 3.8) is 0 Å². The Morgan fingerprint density at radius 1 is 1.12 bits per heavy atom. The van der Waals surface area contributed by atoms with E-state index in [0.29, 0.717) is 38.0 Å². The van der Waals surface area contributed by atoms with Gasteiger partial charge in [0.05, 0.1) is 4.90 Å². The summed E-state index contributed by atoms with van der Waals surface area (Å²) in [6.07, 6.45) is 2.56. The number of rotatable bonds is 4. The van der Waals surface area contributed by atoms with E-state index < -0.39 is 16.1 Å². The molecule has 1 aromatic rings. The Balaban J connectivity index is 1.84. The summed E-state index contributed by atoms with van der Waals surface area (Å²) in [5.74, 6) is -0.132. The Kier molecular flexibility index (Phi) is 4.83. The molecule has 1 aromatic carbocycles. The minimum Gasteiger partial charge on any atom is -0.347 e. The Hall–Kier alpha value is -1.93. The van der Waals surface area contributed by atoms with Crippen molar-refractivity contribution in [2.24, 2.45) is 0 Å². The van der Waals surface area contributed by atoms with Crippen molar-refractivity contribution < 1.29 is 18.0 Å². The number of nitrogens with zero attached hydrogens (tertiary/aromatic N) is 3. The van der Waals surface area contributed by atoms with Crippen LogP contribution in [0, 0.1) is 0 Å². The second-order valence-corrected chi connectivity index (χ2v) is 8.54. The Bertz CT molecular complexity index is 774. The Labute approximate surface area is 148 Å². The highest BCUT2D eigenvalue weighted by molar-refractivity contribution is 7.89. The van der Waals surface area contributed by atoms with Crippen LogP contribution in [0.1, 0.15) is 25.7 Å². The molecule has 3 rings (SSSR count). The fourth-order valence-corrected chi connectivity index (χ4v) is 5.08. The van der Waals surface area contributed by atoms with Crippen LogP contribution in [0.2, 0.25) is 0 Å². The molecule has 2 aliphatic rings. The number of carbonyl (C=O) groups excluding carboxylic acids is 2. The van der Waals surface area contributed by atoms with Gasteiger partial charge in [0.2, 0.25) is 21.8 Å². The zero-order valence-corrected chi connectivity index (χ0v) is 15.3. The number of hydrogen-bond donors (Lipinski definition) is 0. The molecule has 0 spiro atoms. The van der Waals surface area contributed by atoms with E-state index in [-0.39, 0.29) is 16.7 Å². The lowest BCUT2D eigenvalue weighted by Crippen LogP contribution is -2.45. The molecule has 0 saturated carbocycles. The number of anilines is 1. The molecular formula is C17H23N3O4S. The van der Waals surface area contributed by atoms with Crippen LogP contribution in [0.25, 0.3) is 0 Å². The third kappa shape index (κ3) is 3.28. The number of amides is 2. The van der Waals surface area contributed by atoms with Crippen LogP contribution in [-0.4, -0.2) is 62.7 Å². The molecule has 1 atom stereocenters. The quantitative estimate of drug-likeness (QED) is 0.799. The highest BCUT2D eigenvalue weighted by Gasteiger charge is 2.40. The number of hydrogen-bond acceptors (Lipinski definition) is 4. The summed E-state index contributed by atoms with van der Waals surface area (Å²) in [5.41, 5.74) is 0.712. The van der Waals surface area contributed by atoms with Crippen molar-refractivity contribution >= 4 is 27.5 Å². The number of sulfonamides is 1. The molecule has 8 heteroatoms. The van der Waals surface area contributed by atoms with Crippen LogP contribution in [0.3, 0.4) is 0 Å². The minimum atomic E-state index is -3.74. The second-order valence-electron chi connectivity index (χ2n) is 6.65. The van der Waals surface area contributed by atoms with Gasteiger partial charge in [-0.05, 0) is 43.5 Å². The summed E-state index contributed by atoms with van der Waals surface area (Å²) >= 11 is 0. The fraction of sp³-hybridized carbons (Fsp3) is 0.529. The summed E-state index contributed by atoms with van der Waals surface area (Å²) in [6, 6.07) is 5.72. The van der Waals surface area contributed by atoms with Crippen molar-refractivity contribution in [2.45, 2.75) is 36.6 Å². The third-order valence-electron chi connectivity index (χ3n) is 4.76. The van der Waals surface area contributed by atoms with Gasteiger partial charge in [-0.15, -0.1) is 0 Å². The predicted octanol–water partition coefficient (Wildman–Crippen LogP) is 1.05. The molecule has 0 radical (unpaired) electrons. The Morgan fingerprint density at radius 3 is 2.36 bits per heavy atom. The molecule has 2 aliphatic heterocycles. The van der Waals surface area contributed by atoms with Crippen LogP contribution < -0.4 is 4.90 Å². The molecule has 0 bridgehead atoms.